The van der Waals surface area contributed by atoms with Crippen molar-refractivity contribution in [2.24, 2.45) is 0 Å². The number of nitrogens with zero attached hydrogens (tertiary/aromatic N) is 8. The highest BCUT2D eigenvalue weighted by molar-refractivity contribution is 5.94. The summed E-state index contributed by atoms with van der Waals surface area (Å²) in [7, 11) is 0. The summed E-state index contributed by atoms with van der Waals surface area (Å²) in [5.41, 5.74) is 6.78. The quantitative estimate of drug-likeness (QED) is 0.175. The highest BCUT2D eigenvalue weighted by atomic mass is 19.4. The second kappa shape index (κ2) is 19.8. The van der Waals surface area contributed by atoms with Gasteiger partial charge in [-0.05, 0) is 119 Å². The van der Waals surface area contributed by atoms with Gasteiger partial charge in [0, 0.05) is 88.2 Å². The molecule has 8 rings (SSSR count). The Morgan fingerprint density at radius 2 is 1.08 bits per heavy atom. The number of alkyl halides is 6. The molecule has 4 aliphatic rings. The Labute approximate surface area is 379 Å². The summed E-state index contributed by atoms with van der Waals surface area (Å²) in [5, 5.41) is 19.5. The molecule has 4 fully saturated rings. The van der Waals surface area contributed by atoms with Gasteiger partial charge in [-0.3, -0.25) is 19.4 Å². The van der Waals surface area contributed by atoms with Crippen LogP contribution in [0.5, 0.6) is 11.5 Å². The van der Waals surface area contributed by atoms with Crippen molar-refractivity contribution in [2.45, 2.75) is 116 Å². The summed E-state index contributed by atoms with van der Waals surface area (Å²) in [6.07, 6.45) is 0.0209. The van der Waals surface area contributed by atoms with Gasteiger partial charge in [0.2, 0.25) is 11.6 Å². The van der Waals surface area contributed by atoms with E-state index in [0.29, 0.717) is 45.0 Å². The number of phenolic OH excluding ortho intramolecular Hbond substituents is 1. The van der Waals surface area contributed by atoms with Crippen LogP contribution in [0.15, 0.2) is 49.1 Å². The zero-order valence-electron chi connectivity index (χ0n) is 37.7. The van der Waals surface area contributed by atoms with E-state index >= 15 is 0 Å². The lowest BCUT2D eigenvalue weighted by Gasteiger charge is -2.48. The van der Waals surface area contributed by atoms with Gasteiger partial charge in [-0.1, -0.05) is 12.1 Å². The zero-order chi connectivity index (χ0) is 47.7. The number of piperazine rings is 2. The van der Waals surface area contributed by atoms with Gasteiger partial charge in [-0.2, -0.15) is 26.3 Å². The van der Waals surface area contributed by atoms with Crippen molar-refractivity contribution in [1.82, 2.24) is 39.5 Å². The minimum absolute atomic E-state index is 0.0677. The van der Waals surface area contributed by atoms with E-state index in [0.717, 1.165) is 85.8 Å². The fourth-order valence-corrected chi connectivity index (χ4v) is 9.80. The molecule has 66 heavy (non-hydrogen) atoms. The SMILES string of the molecule is Cc1c(O)ccc([C@H]2CCC[C@H]3CN(C(=O)c4cnc(C(F)(F)F)nc4)CCN32)c1C.Cc1c(OC[C@@H](C)O)ccc([C@H]2CCC[C@H]3CN(C(=O)c4cnc(C(F)(F)F)nc4)CCN32)c1C. The fraction of sp³-hybridized carbons (Fsp3) is 0.532. The first kappa shape index (κ1) is 48.5. The van der Waals surface area contributed by atoms with Crippen LogP contribution >= 0.6 is 0 Å². The Morgan fingerprint density at radius 3 is 1.50 bits per heavy atom. The molecule has 0 saturated carbocycles. The molecule has 0 radical (unpaired) electrons. The average Bonchev–Trinajstić information content (AvgIpc) is 3.30. The van der Waals surface area contributed by atoms with Crippen LogP contribution in [0.3, 0.4) is 0 Å². The molecule has 19 heteroatoms. The number of aromatic hydroxyl groups is 1. The third-order valence-electron chi connectivity index (χ3n) is 13.5. The van der Waals surface area contributed by atoms with Crippen LogP contribution in [0.1, 0.15) is 123 Å². The van der Waals surface area contributed by atoms with Crippen LogP contribution in [0.4, 0.5) is 26.3 Å². The van der Waals surface area contributed by atoms with Crippen LogP contribution in [-0.4, -0.2) is 126 Å². The summed E-state index contributed by atoms with van der Waals surface area (Å²) >= 11 is 0. The minimum atomic E-state index is -4.64. The van der Waals surface area contributed by atoms with E-state index in [9.17, 15) is 46.1 Å². The fourth-order valence-electron chi connectivity index (χ4n) is 9.80. The zero-order valence-corrected chi connectivity index (χ0v) is 37.7. The molecular formula is C47H56F6N8O5. The summed E-state index contributed by atoms with van der Waals surface area (Å²) in [6.45, 7) is 13.4. The molecule has 0 aliphatic carbocycles. The molecule has 2 aromatic carbocycles. The molecule has 5 atom stereocenters. The van der Waals surface area contributed by atoms with Crippen molar-refractivity contribution in [3.8, 4) is 11.5 Å². The van der Waals surface area contributed by atoms with E-state index in [1.54, 1.807) is 22.8 Å². The monoisotopic (exact) mass is 926 g/mol. The van der Waals surface area contributed by atoms with Crippen molar-refractivity contribution in [3.63, 3.8) is 0 Å². The molecule has 2 N–H and O–H groups in total. The highest BCUT2D eigenvalue weighted by Crippen LogP contribution is 2.41. The molecule has 2 amide bonds. The van der Waals surface area contributed by atoms with Crippen LogP contribution in [0.25, 0.3) is 0 Å². The molecule has 2 aromatic heterocycles. The van der Waals surface area contributed by atoms with Crippen molar-refractivity contribution in [3.05, 3.63) is 105 Å². The van der Waals surface area contributed by atoms with E-state index in [4.69, 9.17) is 4.74 Å². The minimum Gasteiger partial charge on any atom is -0.508 e. The third-order valence-corrected chi connectivity index (χ3v) is 13.5. The average molecular weight is 927 g/mol. The van der Waals surface area contributed by atoms with Crippen molar-refractivity contribution in [2.75, 3.05) is 45.9 Å². The number of amides is 2. The number of aromatic nitrogens is 4. The van der Waals surface area contributed by atoms with E-state index in [1.807, 2.05) is 32.9 Å². The Kier molecular flexibility index (Phi) is 14.6. The Balaban J connectivity index is 0.000000198. The van der Waals surface area contributed by atoms with Gasteiger partial charge >= 0.3 is 12.4 Å². The molecular weight excluding hydrogens is 871 g/mol. The standard InChI is InChI=1S/C25H31F3N4O3.C22H25F3N4O2/c1-15(33)14-35-22-8-7-20(16(2)17(22)3)21-6-4-5-19-13-31(9-10-32(19)21)23(34)18-11-29-24(30-12-18)25(26,27)28;1-13-14(2)19(30)7-6-17(13)18-5-3-4-16-12-28(8-9-29(16)18)20(31)15-10-26-21(27-11-15)22(23,24)25/h7-8,11-12,15,19,21,33H,4-6,9-10,13-14H2,1-3H3;6-7,10-11,16,18,30H,3-5,8-9,12H2,1-2H3/t15-,19+,21-;16-,18+/m10/s1. The number of rotatable bonds is 7. The molecule has 356 valence electrons. The van der Waals surface area contributed by atoms with E-state index < -0.39 is 30.1 Å². The number of aliphatic hydroxyl groups is 1. The van der Waals surface area contributed by atoms with Gasteiger partial charge in [0.1, 0.15) is 18.1 Å². The maximum absolute atomic E-state index is 12.9. The number of hydrogen-bond acceptors (Lipinski definition) is 11. The van der Waals surface area contributed by atoms with E-state index in [2.05, 4.69) is 42.7 Å². The lowest BCUT2D eigenvalue weighted by Crippen LogP contribution is -2.57. The number of carbonyl (C=O) groups is 2. The van der Waals surface area contributed by atoms with Crippen molar-refractivity contribution >= 4 is 11.8 Å². The van der Waals surface area contributed by atoms with Crippen molar-refractivity contribution < 1.29 is 50.9 Å². The number of benzene rings is 2. The summed E-state index contributed by atoms with van der Waals surface area (Å²) in [4.78, 5) is 47.3. The Morgan fingerprint density at radius 1 is 0.652 bits per heavy atom. The summed E-state index contributed by atoms with van der Waals surface area (Å²) in [5.74, 6) is -2.11. The van der Waals surface area contributed by atoms with E-state index in [1.165, 1.54) is 16.7 Å². The predicted octanol–water partition coefficient (Wildman–Crippen LogP) is 7.79. The van der Waals surface area contributed by atoms with Gasteiger partial charge in [-0.15, -0.1) is 0 Å². The number of phenols is 1. The Hall–Kier alpha value is -5.40. The van der Waals surface area contributed by atoms with Gasteiger partial charge in [0.15, 0.2) is 0 Å². The number of aliphatic hydroxyl groups excluding tert-OH is 1. The number of hydrogen-bond donors (Lipinski definition) is 2. The third kappa shape index (κ3) is 10.6. The molecule has 4 aromatic rings. The molecule has 0 bridgehead atoms. The maximum atomic E-state index is 12.9. The smallest absolute Gasteiger partial charge is 0.451 e. The molecule has 6 heterocycles. The first-order valence-corrected chi connectivity index (χ1v) is 22.3. The number of piperidine rings is 2. The van der Waals surface area contributed by atoms with E-state index in [-0.39, 0.29) is 53.7 Å². The molecule has 13 nitrogen and oxygen atoms in total. The van der Waals surface area contributed by atoms with Crippen LogP contribution in [-0.2, 0) is 12.4 Å². The topological polar surface area (TPSA) is 148 Å². The number of carbonyl (C=O) groups excluding carboxylic acids is 2. The lowest BCUT2D eigenvalue weighted by molar-refractivity contribution is -0.145. The number of fused-ring (bicyclic) bond motifs is 2. The summed E-state index contributed by atoms with van der Waals surface area (Å²) < 4.78 is 82.0. The molecule has 0 spiro atoms. The lowest BCUT2D eigenvalue weighted by atomic mass is 9.86. The van der Waals surface area contributed by atoms with Gasteiger partial charge in [-0.25, -0.2) is 19.9 Å². The molecule has 4 saturated heterocycles. The first-order chi connectivity index (χ1) is 31.2. The highest BCUT2D eigenvalue weighted by Gasteiger charge is 2.41. The second-order valence-electron chi connectivity index (χ2n) is 17.8. The van der Waals surface area contributed by atoms with Crippen LogP contribution in [0, 0.1) is 27.7 Å². The van der Waals surface area contributed by atoms with Crippen LogP contribution in [0.2, 0.25) is 0 Å². The van der Waals surface area contributed by atoms with Crippen LogP contribution < -0.4 is 4.74 Å². The molecule has 4 aliphatic heterocycles. The van der Waals surface area contributed by atoms with Gasteiger partial charge < -0.3 is 24.7 Å². The number of ether oxygens (including phenoxy) is 1. The maximum Gasteiger partial charge on any atom is 0.451 e. The number of halogens is 6. The van der Waals surface area contributed by atoms with Crippen molar-refractivity contribution in [1.29, 1.82) is 0 Å². The normalized spacial score (nSPS) is 22.1. The van der Waals surface area contributed by atoms with Gasteiger partial charge in [0.05, 0.1) is 17.2 Å². The molecule has 0 unspecified atom stereocenters. The Bertz CT molecular complexity index is 2370. The first-order valence-electron chi connectivity index (χ1n) is 22.3. The van der Waals surface area contributed by atoms with Gasteiger partial charge in [0.25, 0.3) is 11.8 Å². The largest absolute Gasteiger partial charge is 0.508 e. The predicted molar refractivity (Wildman–Crippen MR) is 231 cm³/mol. The second-order valence-corrected chi connectivity index (χ2v) is 17.8. The summed E-state index contributed by atoms with van der Waals surface area (Å²) in [6, 6.07) is 8.60.